The van der Waals surface area contributed by atoms with Gasteiger partial charge in [-0.2, -0.15) is 5.10 Å². The second kappa shape index (κ2) is 5.97. The molecule has 0 saturated heterocycles. The van der Waals surface area contributed by atoms with Gasteiger partial charge in [-0.3, -0.25) is 10.1 Å². The van der Waals surface area contributed by atoms with Crippen LogP contribution in [0.4, 0.5) is 5.69 Å². The Hall–Kier alpha value is -2.33. The van der Waals surface area contributed by atoms with Crippen LogP contribution in [0.3, 0.4) is 0 Å². The Bertz CT molecular complexity index is 737. The van der Waals surface area contributed by atoms with Gasteiger partial charge in [0.25, 0.3) is 0 Å². The molecule has 3 rings (SSSR count). The lowest BCUT2D eigenvalue weighted by Gasteiger charge is -2.09. The third-order valence-electron chi connectivity index (χ3n) is 3.26. The van der Waals surface area contributed by atoms with Crippen molar-refractivity contribution in [3.05, 3.63) is 65.1 Å². The number of pyridine rings is 1. The Balaban J connectivity index is 1.79. The van der Waals surface area contributed by atoms with E-state index in [0.29, 0.717) is 6.54 Å². The maximum Gasteiger partial charge on any atom is 0.0715 e. The Morgan fingerprint density at radius 1 is 1.24 bits per heavy atom. The summed E-state index contributed by atoms with van der Waals surface area (Å²) in [6.07, 6.45) is 5.39. The van der Waals surface area contributed by atoms with Crippen LogP contribution in [0, 0.1) is 6.92 Å². The predicted octanol–water partition coefficient (Wildman–Crippen LogP) is 4.05. The van der Waals surface area contributed by atoms with Crippen molar-refractivity contribution in [3.8, 4) is 11.3 Å². The zero-order chi connectivity index (χ0) is 14.7. The number of H-pyrrole nitrogens is 1. The van der Waals surface area contributed by atoms with E-state index in [9.17, 15) is 0 Å². The van der Waals surface area contributed by atoms with Crippen LogP contribution in [0.25, 0.3) is 11.3 Å². The first kappa shape index (κ1) is 13.6. The number of rotatable bonds is 4. The van der Waals surface area contributed by atoms with Crippen LogP contribution in [0.5, 0.6) is 0 Å². The van der Waals surface area contributed by atoms with E-state index >= 15 is 0 Å². The van der Waals surface area contributed by atoms with E-state index in [4.69, 9.17) is 11.6 Å². The van der Waals surface area contributed by atoms with Gasteiger partial charge in [0.05, 0.1) is 22.6 Å². The van der Waals surface area contributed by atoms with Crippen molar-refractivity contribution >= 4 is 17.3 Å². The minimum absolute atomic E-state index is 0.642. The van der Waals surface area contributed by atoms with Crippen molar-refractivity contribution in [3.63, 3.8) is 0 Å². The Labute approximate surface area is 128 Å². The van der Waals surface area contributed by atoms with Crippen LogP contribution in [0.1, 0.15) is 11.1 Å². The average Bonchev–Trinajstić information content (AvgIpc) is 2.96. The molecule has 0 fully saturated rings. The molecule has 21 heavy (non-hydrogen) atoms. The first-order chi connectivity index (χ1) is 10.2. The number of halogens is 1. The van der Waals surface area contributed by atoms with Crippen molar-refractivity contribution < 1.29 is 0 Å². The van der Waals surface area contributed by atoms with Crippen molar-refractivity contribution in [1.82, 2.24) is 15.2 Å². The van der Waals surface area contributed by atoms with Crippen molar-refractivity contribution in [2.24, 2.45) is 0 Å². The molecule has 0 saturated carbocycles. The second-order valence-corrected chi connectivity index (χ2v) is 5.26. The van der Waals surface area contributed by atoms with Crippen LogP contribution in [-0.4, -0.2) is 15.2 Å². The van der Waals surface area contributed by atoms with Crippen LogP contribution in [0.15, 0.2) is 48.9 Å². The van der Waals surface area contributed by atoms with Gasteiger partial charge >= 0.3 is 0 Å². The number of aromatic amines is 1. The lowest BCUT2D eigenvalue weighted by atomic mass is 10.1. The summed E-state index contributed by atoms with van der Waals surface area (Å²) in [4.78, 5) is 4.13. The van der Waals surface area contributed by atoms with Crippen molar-refractivity contribution in [2.75, 3.05) is 5.32 Å². The third-order valence-corrected chi connectivity index (χ3v) is 3.57. The molecule has 5 heteroatoms. The normalized spacial score (nSPS) is 10.6. The number of hydrogen-bond acceptors (Lipinski definition) is 3. The minimum atomic E-state index is 0.642. The van der Waals surface area contributed by atoms with Gasteiger partial charge < -0.3 is 5.32 Å². The maximum atomic E-state index is 6.23. The van der Waals surface area contributed by atoms with E-state index in [0.717, 1.165) is 33.1 Å². The Morgan fingerprint density at radius 3 is 2.90 bits per heavy atom. The molecule has 4 nitrogen and oxygen atoms in total. The molecule has 0 aliphatic carbocycles. The molecule has 0 atom stereocenters. The number of anilines is 1. The SMILES string of the molecule is Cc1ccc(NCc2cn[nH]c2-c2cccnc2)c(Cl)c1. The monoisotopic (exact) mass is 298 g/mol. The first-order valence-electron chi connectivity index (χ1n) is 6.67. The number of aryl methyl sites for hydroxylation is 1. The van der Waals surface area contributed by atoms with Gasteiger partial charge in [-0.1, -0.05) is 17.7 Å². The fraction of sp³-hybridized carbons (Fsp3) is 0.125. The third kappa shape index (κ3) is 3.06. The molecule has 0 radical (unpaired) electrons. The number of hydrogen-bond donors (Lipinski definition) is 2. The first-order valence-corrected chi connectivity index (χ1v) is 7.04. The van der Waals surface area contributed by atoms with E-state index in [2.05, 4.69) is 20.5 Å². The molecular weight excluding hydrogens is 284 g/mol. The summed E-state index contributed by atoms with van der Waals surface area (Å²) in [7, 11) is 0. The van der Waals surface area contributed by atoms with Crippen molar-refractivity contribution in [1.29, 1.82) is 0 Å². The molecule has 0 spiro atoms. The quantitative estimate of drug-likeness (QED) is 0.764. The van der Waals surface area contributed by atoms with Gasteiger partial charge in [-0.15, -0.1) is 0 Å². The van der Waals surface area contributed by atoms with Crippen LogP contribution >= 0.6 is 11.6 Å². The highest BCUT2D eigenvalue weighted by molar-refractivity contribution is 6.33. The summed E-state index contributed by atoms with van der Waals surface area (Å²) >= 11 is 6.23. The summed E-state index contributed by atoms with van der Waals surface area (Å²) in [5, 5.41) is 11.2. The molecular formula is C16H15ClN4. The van der Waals surface area contributed by atoms with Crippen molar-refractivity contribution in [2.45, 2.75) is 13.5 Å². The molecule has 0 bridgehead atoms. The molecule has 2 aromatic heterocycles. The summed E-state index contributed by atoms with van der Waals surface area (Å²) in [5.41, 5.74) is 5.12. The van der Waals surface area contributed by atoms with Gasteiger partial charge in [0.15, 0.2) is 0 Å². The lowest BCUT2D eigenvalue weighted by Crippen LogP contribution is -2.00. The van der Waals surface area contributed by atoms with E-state index in [1.807, 2.05) is 49.6 Å². The molecule has 0 aliphatic rings. The van der Waals surface area contributed by atoms with Gasteiger partial charge in [-0.25, -0.2) is 0 Å². The average molecular weight is 299 g/mol. The van der Waals surface area contributed by atoms with Crippen LogP contribution < -0.4 is 5.32 Å². The fourth-order valence-electron chi connectivity index (χ4n) is 2.16. The molecule has 106 valence electrons. The molecule has 0 amide bonds. The Morgan fingerprint density at radius 2 is 2.14 bits per heavy atom. The lowest BCUT2D eigenvalue weighted by molar-refractivity contribution is 1.09. The minimum Gasteiger partial charge on any atom is -0.380 e. The summed E-state index contributed by atoms with van der Waals surface area (Å²) in [6.45, 7) is 2.66. The highest BCUT2D eigenvalue weighted by Gasteiger charge is 2.08. The predicted molar refractivity (Wildman–Crippen MR) is 85.3 cm³/mol. The molecule has 0 aliphatic heterocycles. The molecule has 0 unspecified atom stereocenters. The summed E-state index contributed by atoms with van der Waals surface area (Å²) < 4.78 is 0. The van der Waals surface area contributed by atoms with Crippen LogP contribution in [0.2, 0.25) is 5.02 Å². The number of benzene rings is 1. The zero-order valence-corrected chi connectivity index (χ0v) is 12.4. The largest absolute Gasteiger partial charge is 0.380 e. The Kier molecular flexibility index (Phi) is 3.88. The van der Waals surface area contributed by atoms with E-state index in [1.54, 1.807) is 6.20 Å². The molecule has 2 N–H and O–H groups in total. The van der Waals surface area contributed by atoms with E-state index < -0.39 is 0 Å². The maximum absolute atomic E-state index is 6.23. The molecule has 3 aromatic rings. The topological polar surface area (TPSA) is 53.6 Å². The second-order valence-electron chi connectivity index (χ2n) is 4.85. The highest BCUT2D eigenvalue weighted by atomic mass is 35.5. The number of nitrogens with zero attached hydrogens (tertiary/aromatic N) is 2. The smallest absolute Gasteiger partial charge is 0.0715 e. The number of nitrogens with one attached hydrogen (secondary N) is 2. The number of aromatic nitrogens is 3. The molecule has 2 heterocycles. The van der Waals surface area contributed by atoms with Gasteiger partial charge in [-0.05, 0) is 36.8 Å². The zero-order valence-electron chi connectivity index (χ0n) is 11.6. The molecule has 1 aromatic carbocycles. The summed E-state index contributed by atoms with van der Waals surface area (Å²) in [5.74, 6) is 0. The summed E-state index contributed by atoms with van der Waals surface area (Å²) in [6, 6.07) is 9.88. The standard InChI is InChI=1S/C16H15ClN4/c1-11-4-5-15(14(17)7-11)19-9-13-10-20-21-16(13)12-3-2-6-18-8-12/h2-8,10,19H,9H2,1H3,(H,20,21). The van der Waals surface area contributed by atoms with Gasteiger partial charge in [0, 0.05) is 30.1 Å². The van der Waals surface area contributed by atoms with Gasteiger partial charge in [0.1, 0.15) is 0 Å². The van der Waals surface area contributed by atoms with E-state index in [1.165, 1.54) is 0 Å². The van der Waals surface area contributed by atoms with Gasteiger partial charge in [0.2, 0.25) is 0 Å². The van der Waals surface area contributed by atoms with E-state index in [-0.39, 0.29) is 0 Å². The highest BCUT2D eigenvalue weighted by Crippen LogP contribution is 2.25. The fourth-order valence-corrected chi connectivity index (χ4v) is 2.46. The van der Waals surface area contributed by atoms with Crippen LogP contribution in [-0.2, 0) is 6.54 Å².